The first-order valence-corrected chi connectivity index (χ1v) is 11.4. The zero-order valence-corrected chi connectivity index (χ0v) is 18.6. The molecule has 3 rings (SSSR count). The fourth-order valence-electron chi connectivity index (χ4n) is 4.53. The first kappa shape index (κ1) is 22.3. The van der Waals surface area contributed by atoms with E-state index in [2.05, 4.69) is 12.2 Å². The quantitative estimate of drug-likeness (QED) is 0.794. The van der Waals surface area contributed by atoms with Gasteiger partial charge >= 0.3 is 0 Å². The van der Waals surface area contributed by atoms with Gasteiger partial charge in [-0.2, -0.15) is 0 Å². The van der Waals surface area contributed by atoms with Gasteiger partial charge in [0.1, 0.15) is 0 Å². The molecular weight excluding hydrogens is 378 g/mol. The van der Waals surface area contributed by atoms with Gasteiger partial charge in [-0.05, 0) is 76.1 Å². The first-order chi connectivity index (χ1) is 14.4. The molecule has 1 N–H and O–H groups in total. The van der Waals surface area contributed by atoms with Crippen molar-refractivity contribution in [3.8, 4) is 0 Å². The predicted molar refractivity (Wildman–Crippen MR) is 118 cm³/mol. The van der Waals surface area contributed by atoms with Crippen LogP contribution in [0.2, 0.25) is 0 Å². The number of hydrogen-bond acceptors (Lipinski definition) is 3. The third-order valence-electron chi connectivity index (χ3n) is 6.40. The number of benzene rings is 1. The van der Waals surface area contributed by atoms with Crippen molar-refractivity contribution in [1.82, 2.24) is 9.80 Å². The normalized spacial score (nSPS) is 22.0. The zero-order valence-electron chi connectivity index (χ0n) is 18.6. The van der Waals surface area contributed by atoms with Crippen molar-refractivity contribution in [2.45, 2.75) is 71.8 Å². The lowest BCUT2D eigenvalue weighted by atomic mass is 9.96. The van der Waals surface area contributed by atoms with E-state index in [0.29, 0.717) is 18.5 Å². The summed E-state index contributed by atoms with van der Waals surface area (Å²) < 4.78 is 0. The number of nitrogens with zero attached hydrogens (tertiary/aromatic N) is 2. The molecule has 2 unspecified atom stereocenters. The third kappa shape index (κ3) is 5.21. The van der Waals surface area contributed by atoms with Crippen molar-refractivity contribution in [3.63, 3.8) is 0 Å². The molecule has 0 radical (unpaired) electrons. The second kappa shape index (κ2) is 10.1. The Morgan fingerprint density at radius 2 is 1.90 bits per heavy atom. The zero-order chi connectivity index (χ0) is 21.7. The molecule has 1 aromatic carbocycles. The third-order valence-corrected chi connectivity index (χ3v) is 6.40. The van der Waals surface area contributed by atoms with E-state index in [1.165, 1.54) is 6.42 Å². The minimum atomic E-state index is -0.186. The van der Waals surface area contributed by atoms with Gasteiger partial charge in [0.25, 0.3) is 5.91 Å². The molecule has 2 fully saturated rings. The second-order valence-electron chi connectivity index (χ2n) is 8.79. The number of carbonyl (C=O) groups excluding carboxylic acids is 3. The van der Waals surface area contributed by atoms with Crippen molar-refractivity contribution >= 4 is 23.4 Å². The van der Waals surface area contributed by atoms with Crippen LogP contribution < -0.4 is 5.32 Å². The Morgan fingerprint density at radius 3 is 2.60 bits per heavy atom. The molecule has 6 nitrogen and oxygen atoms in total. The van der Waals surface area contributed by atoms with Crippen LogP contribution in [0.25, 0.3) is 0 Å². The number of aryl methyl sites for hydroxylation is 1. The monoisotopic (exact) mass is 413 g/mol. The summed E-state index contributed by atoms with van der Waals surface area (Å²) in [4.78, 5) is 41.7. The summed E-state index contributed by atoms with van der Waals surface area (Å²) in [5.41, 5.74) is 2.29. The van der Waals surface area contributed by atoms with Crippen molar-refractivity contribution in [1.29, 1.82) is 0 Å². The molecular formula is C24H35N3O3. The van der Waals surface area contributed by atoms with Crippen LogP contribution in [0.5, 0.6) is 0 Å². The summed E-state index contributed by atoms with van der Waals surface area (Å²) in [6, 6.07) is 5.79. The fourth-order valence-corrected chi connectivity index (χ4v) is 4.53. The largest absolute Gasteiger partial charge is 0.342 e. The van der Waals surface area contributed by atoms with E-state index in [1.807, 2.05) is 41.8 Å². The highest BCUT2D eigenvalue weighted by atomic mass is 16.2. The van der Waals surface area contributed by atoms with E-state index in [-0.39, 0.29) is 29.7 Å². The van der Waals surface area contributed by atoms with Crippen LogP contribution in [0.1, 0.15) is 74.7 Å². The molecule has 0 spiro atoms. The van der Waals surface area contributed by atoms with Crippen molar-refractivity contribution in [2.24, 2.45) is 5.92 Å². The number of piperidine rings is 2. The van der Waals surface area contributed by atoms with E-state index in [9.17, 15) is 14.4 Å². The van der Waals surface area contributed by atoms with Crippen molar-refractivity contribution in [2.75, 3.05) is 25.0 Å². The summed E-state index contributed by atoms with van der Waals surface area (Å²) in [7, 11) is 0. The van der Waals surface area contributed by atoms with E-state index in [1.54, 1.807) is 0 Å². The summed E-state index contributed by atoms with van der Waals surface area (Å²) in [6.07, 6.45) is 6.31. The lowest BCUT2D eigenvalue weighted by Crippen LogP contribution is -2.43. The highest BCUT2D eigenvalue weighted by Crippen LogP contribution is 2.24. The summed E-state index contributed by atoms with van der Waals surface area (Å²) >= 11 is 0. The Morgan fingerprint density at radius 1 is 1.10 bits per heavy atom. The number of carbonyl (C=O) groups is 3. The molecule has 2 saturated heterocycles. The van der Waals surface area contributed by atoms with E-state index in [4.69, 9.17) is 0 Å². The van der Waals surface area contributed by atoms with Crippen LogP contribution in [-0.2, 0) is 9.59 Å². The smallest absolute Gasteiger partial charge is 0.254 e. The Kier molecular flexibility index (Phi) is 7.51. The first-order valence-electron chi connectivity index (χ1n) is 11.4. The molecule has 0 saturated carbocycles. The maximum atomic E-state index is 12.9. The van der Waals surface area contributed by atoms with Gasteiger partial charge in [0.2, 0.25) is 11.8 Å². The molecule has 2 aliphatic rings. The Balaban J connectivity index is 1.63. The highest BCUT2D eigenvalue weighted by molar-refractivity contribution is 5.97. The van der Waals surface area contributed by atoms with Crippen LogP contribution in [-0.4, -0.2) is 53.2 Å². The SMILES string of the molecule is CCCC(=O)N1CCCC(C(=O)Nc2ccc(C(=O)N3CCCCC3C)cc2C)C1. The van der Waals surface area contributed by atoms with E-state index >= 15 is 0 Å². The molecule has 3 amide bonds. The number of hydrogen-bond donors (Lipinski definition) is 1. The van der Waals surface area contributed by atoms with Crippen LogP contribution in [0.3, 0.4) is 0 Å². The second-order valence-corrected chi connectivity index (χ2v) is 8.79. The van der Waals surface area contributed by atoms with Gasteiger partial charge in [0.05, 0.1) is 5.92 Å². The summed E-state index contributed by atoms with van der Waals surface area (Å²) in [5, 5.41) is 3.02. The topological polar surface area (TPSA) is 69.7 Å². The molecule has 30 heavy (non-hydrogen) atoms. The highest BCUT2D eigenvalue weighted by Gasteiger charge is 2.29. The molecule has 2 aliphatic heterocycles. The van der Waals surface area contributed by atoms with Gasteiger partial charge < -0.3 is 15.1 Å². The maximum absolute atomic E-state index is 12.9. The molecule has 6 heteroatoms. The molecule has 2 heterocycles. The molecule has 0 bridgehead atoms. The maximum Gasteiger partial charge on any atom is 0.254 e. The van der Waals surface area contributed by atoms with Crippen LogP contribution in [0.4, 0.5) is 5.69 Å². The van der Waals surface area contributed by atoms with Crippen LogP contribution >= 0.6 is 0 Å². The number of anilines is 1. The van der Waals surface area contributed by atoms with Crippen LogP contribution in [0, 0.1) is 12.8 Å². The van der Waals surface area contributed by atoms with E-state index < -0.39 is 0 Å². The van der Waals surface area contributed by atoms with Gasteiger partial charge in [-0.25, -0.2) is 0 Å². The van der Waals surface area contributed by atoms with Gasteiger partial charge in [-0.3, -0.25) is 14.4 Å². The molecule has 2 atom stereocenters. The summed E-state index contributed by atoms with van der Waals surface area (Å²) in [5.74, 6) is -0.0215. The average Bonchev–Trinajstić information content (AvgIpc) is 2.75. The van der Waals surface area contributed by atoms with Crippen molar-refractivity contribution < 1.29 is 14.4 Å². The number of nitrogens with one attached hydrogen (secondary N) is 1. The molecule has 0 aromatic heterocycles. The number of amides is 3. The number of likely N-dealkylation sites (tertiary alicyclic amines) is 2. The van der Waals surface area contributed by atoms with Gasteiger partial charge in [0, 0.05) is 43.3 Å². The average molecular weight is 414 g/mol. The van der Waals surface area contributed by atoms with Gasteiger partial charge in [-0.1, -0.05) is 6.92 Å². The summed E-state index contributed by atoms with van der Waals surface area (Å²) in [6.45, 7) is 8.07. The molecule has 164 valence electrons. The lowest BCUT2D eigenvalue weighted by Gasteiger charge is -2.33. The Hall–Kier alpha value is -2.37. The Labute approximate surface area is 180 Å². The van der Waals surface area contributed by atoms with Crippen molar-refractivity contribution in [3.05, 3.63) is 29.3 Å². The molecule has 1 aromatic rings. The van der Waals surface area contributed by atoms with Crippen LogP contribution in [0.15, 0.2) is 18.2 Å². The fraction of sp³-hybridized carbons (Fsp3) is 0.625. The number of rotatable bonds is 5. The molecule has 0 aliphatic carbocycles. The van der Waals surface area contributed by atoms with E-state index in [0.717, 1.165) is 56.4 Å². The lowest BCUT2D eigenvalue weighted by molar-refractivity contribution is -0.134. The Bertz CT molecular complexity index is 792. The minimum absolute atomic E-state index is 0.0455. The minimum Gasteiger partial charge on any atom is -0.342 e. The van der Waals surface area contributed by atoms with Gasteiger partial charge in [-0.15, -0.1) is 0 Å². The predicted octanol–water partition coefficient (Wildman–Crippen LogP) is 3.99. The van der Waals surface area contributed by atoms with Gasteiger partial charge in [0.15, 0.2) is 0 Å². The standard InChI is InChI=1S/C24H35N3O3/c1-4-8-22(28)26-13-7-10-20(16-26)23(29)25-21-12-11-19(15-17(21)2)24(30)27-14-6-5-9-18(27)3/h11-12,15,18,20H,4-10,13-14,16H2,1-3H3,(H,25,29).